The molecular weight excluding hydrogens is 158 g/mol. The molecular formula is C7H7N3O2. The van der Waals surface area contributed by atoms with Crippen LogP contribution in [-0.4, -0.2) is 28.7 Å². The molecule has 0 atom stereocenters. The van der Waals surface area contributed by atoms with Crippen molar-refractivity contribution in [2.45, 2.75) is 0 Å². The minimum atomic E-state index is -0.986. The highest BCUT2D eigenvalue weighted by Crippen LogP contribution is 2.16. The highest BCUT2D eigenvalue weighted by molar-refractivity contribution is 5.90. The third kappa shape index (κ3) is 0.952. The van der Waals surface area contributed by atoms with Gasteiger partial charge in [0.2, 0.25) is 0 Å². The van der Waals surface area contributed by atoms with Crippen molar-refractivity contribution < 1.29 is 9.90 Å². The Morgan fingerprint density at radius 1 is 1.67 bits per heavy atom. The van der Waals surface area contributed by atoms with Crippen molar-refractivity contribution in [3.63, 3.8) is 0 Å². The van der Waals surface area contributed by atoms with Crippen LogP contribution in [0.1, 0.15) is 5.56 Å². The number of aliphatic imine (C=N–C) groups is 1. The zero-order valence-corrected chi connectivity index (χ0v) is 6.19. The Hall–Kier alpha value is -1.78. The fraction of sp³-hybridized carbons (Fsp3) is 0.143. The number of nitrogens with one attached hydrogen (secondary N) is 1. The van der Waals surface area contributed by atoms with Crippen molar-refractivity contribution in [3.8, 4) is 0 Å². The highest BCUT2D eigenvalue weighted by atomic mass is 16.4. The lowest BCUT2D eigenvalue weighted by Crippen LogP contribution is -2.05. The summed E-state index contributed by atoms with van der Waals surface area (Å²) in [7, 11) is 0. The van der Waals surface area contributed by atoms with E-state index in [1.165, 1.54) is 12.4 Å². The number of fused-ring (bicyclic) bond motifs is 1. The minimum absolute atomic E-state index is 0.511. The van der Waals surface area contributed by atoms with Gasteiger partial charge in [-0.2, -0.15) is 0 Å². The van der Waals surface area contributed by atoms with E-state index < -0.39 is 6.09 Å². The van der Waals surface area contributed by atoms with Crippen molar-refractivity contribution in [1.29, 1.82) is 0 Å². The quantitative estimate of drug-likeness (QED) is 0.598. The second kappa shape index (κ2) is 2.37. The van der Waals surface area contributed by atoms with E-state index in [1.807, 2.05) is 0 Å². The first-order valence-corrected chi connectivity index (χ1v) is 3.46. The molecule has 12 heavy (non-hydrogen) atoms. The van der Waals surface area contributed by atoms with Crippen LogP contribution in [0.3, 0.4) is 0 Å². The largest absolute Gasteiger partial charge is 0.464 e. The molecule has 0 saturated heterocycles. The van der Waals surface area contributed by atoms with E-state index in [0.29, 0.717) is 6.67 Å². The Bertz CT molecular complexity index is 354. The average molecular weight is 165 g/mol. The third-order valence-electron chi connectivity index (χ3n) is 1.67. The second-order valence-electron chi connectivity index (χ2n) is 2.46. The van der Waals surface area contributed by atoms with Crippen LogP contribution in [0.2, 0.25) is 0 Å². The maximum absolute atomic E-state index is 10.5. The summed E-state index contributed by atoms with van der Waals surface area (Å²) in [5, 5.41) is 11.6. The molecule has 5 heteroatoms. The molecule has 2 heterocycles. The summed E-state index contributed by atoms with van der Waals surface area (Å²) in [5.74, 6) is 0. The molecule has 2 rings (SSSR count). The maximum Gasteiger partial charge on any atom is 0.415 e. The standard InChI is InChI=1S/C7H7N3O2/c11-7(12)10-2-5-1-8-4-9-6(5)3-10/h1-3,9H,4H2,(H,11,12). The van der Waals surface area contributed by atoms with Gasteiger partial charge in [0.15, 0.2) is 0 Å². The molecule has 2 N–H and O–H groups in total. The molecule has 1 aromatic heterocycles. The van der Waals surface area contributed by atoms with Crippen molar-refractivity contribution in [3.05, 3.63) is 18.0 Å². The fourth-order valence-electron chi connectivity index (χ4n) is 1.11. The van der Waals surface area contributed by atoms with E-state index in [2.05, 4.69) is 10.3 Å². The minimum Gasteiger partial charge on any atom is -0.464 e. The number of aromatic nitrogens is 1. The molecule has 0 bridgehead atoms. The van der Waals surface area contributed by atoms with Gasteiger partial charge in [0.05, 0.1) is 5.69 Å². The third-order valence-corrected chi connectivity index (χ3v) is 1.67. The lowest BCUT2D eigenvalue weighted by molar-refractivity contribution is 0.196. The fourth-order valence-corrected chi connectivity index (χ4v) is 1.11. The van der Waals surface area contributed by atoms with E-state index in [9.17, 15) is 4.79 Å². The van der Waals surface area contributed by atoms with E-state index >= 15 is 0 Å². The molecule has 0 unspecified atom stereocenters. The SMILES string of the molecule is O=C(O)n1cc2c(c1)NCN=C2. The summed E-state index contributed by atoms with van der Waals surface area (Å²) in [4.78, 5) is 14.5. The molecule has 1 aromatic rings. The molecule has 0 aliphatic carbocycles. The Balaban J connectivity index is 2.46. The van der Waals surface area contributed by atoms with Crippen LogP contribution >= 0.6 is 0 Å². The van der Waals surface area contributed by atoms with Crippen LogP contribution in [0.25, 0.3) is 0 Å². The number of rotatable bonds is 0. The monoisotopic (exact) mass is 165 g/mol. The van der Waals surface area contributed by atoms with Crippen LogP contribution in [0.4, 0.5) is 10.5 Å². The Morgan fingerprint density at radius 3 is 3.17 bits per heavy atom. The smallest absolute Gasteiger partial charge is 0.415 e. The second-order valence-corrected chi connectivity index (χ2v) is 2.46. The predicted octanol–water partition coefficient (Wildman–Crippen LogP) is 0.816. The first kappa shape index (κ1) is 6.90. The number of hydrogen-bond acceptors (Lipinski definition) is 3. The first-order chi connectivity index (χ1) is 5.77. The Kier molecular flexibility index (Phi) is 1.36. The predicted molar refractivity (Wildman–Crippen MR) is 43.9 cm³/mol. The van der Waals surface area contributed by atoms with Gasteiger partial charge in [-0.05, 0) is 0 Å². The number of nitrogens with zero attached hydrogens (tertiary/aromatic N) is 2. The van der Waals surface area contributed by atoms with Crippen LogP contribution in [0.15, 0.2) is 17.4 Å². The van der Waals surface area contributed by atoms with Gasteiger partial charge in [0.25, 0.3) is 0 Å². The maximum atomic E-state index is 10.5. The lowest BCUT2D eigenvalue weighted by Gasteiger charge is -2.05. The number of carbonyl (C=O) groups is 1. The summed E-state index contributed by atoms with van der Waals surface area (Å²) >= 11 is 0. The number of anilines is 1. The van der Waals surface area contributed by atoms with Crippen molar-refractivity contribution >= 4 is 18.0 Å². The van der Waals surface area contributed by atoms with E-state index in [4.69, 9.17) is 5.11 Å². The van der Waals surface area contributed by atoms with E-state index in [-0.39, 0.29) is 0 Å². The van der Waals surface area contributed by atoms with E-state index in [1.54, 1.807) is 6.21 Å². The first-order valence-electron chi connectivity index (χ1n) is 3.46. The summed E-state index contributed by atoms with van der Waals surface area (Å²) in [6.07, 6.45) is 3.72. The van der Waals surface area contributed by atoms with Gasteiger partial charge in [-0.25, -0.2) is 4.79 Å². The van der Waals surface area contributed by atoms with Gasteiger partial charge in [-0.15, -0.1) is 0 Å². The van der Waals surface area contributed by atoms with E-state index in [0.717, 1.165) is 15.8 Å². The normalized spacial score (nSPS) is 13.7. The molecule has 0 saturated carbocycles. The lowest BCUT2D eigenvalue weighted by atomic mass is 10.3. The van der Waals surface area contributed by atoms with Crippen molar-refractivity contribution in [1.82, 2.24) is 4.57 Å². The topological polar surface area (TPSA) is 66.6 Å². The van der Waals surface area contributed by atoms with Gasteiger partial charge in [-0.1, -0.05) is 0 Å². The van der Waals surface area contributed by atoms with Gasteiger partial charge in [-0.3, -0.25) is 9.56 Å². The van der Waals surface area contributed by atoms with Crippen molar-refractivity contribution in [2.24, 2.45) is 4.99 Å². The highest BCUT2D eigenvalue weighted by Gasteiger charge is 2.10. The number of hydrogen-bond donors (Lipinski definition) is 2. The number of carboxylic acid groups (broad SMARTS) is 1. The van der Waals surface area contributed by atoms with Gasteiger partial charge in [0, 0.05) is 24.2 Å². The molecule has 0 amide bonds. The summed E-state index contributed by atoms with van der Waals surface area (Å²) in [6.45, 7) is 0.511. The van der Waals surface area contributed by atoms with Crippen LogP contribution in [0.5, 0.6) is 0 Å². The zero-order chi connectivity index (χ0) is 8.55. The summed E-state index contributed by atoms with van der Waals surface area (Å²) < 4.78 is 1.11. The van der Waals surface area contributed by atoms with Crippen LogP contribution in [0, 0.1) is 0 Å². The molecule has 0 radical (unpaired) electrons. The molecule has 1 aliphatic heterocycles. The average Bonchev–Trinajstić information content (AvgIpc) is 2.46. The van der Waals surface area contributed by atoms with Gasteiger partial charge >= 0.3 is 6.09 Å². The molecule has 1 aliphatic rings. The van der Waals surface area contributed by atoms with Crippen LogP contribution < -0.4 is 5.32 Å². The Labute approximate surface area is 68.3 Å². The van der Waals surface area contributed by atoms with Gasteiger partial charge < -0.3 is 10.4 Å². The van der Waals surface area contributed by atoms with Crippen LogP contribution in [-0.2, 0) is 0 Å². The molecule has 62 valence electrons. The molecule has 0 spiro atoms. The van der Waals surface area contributed by atoms with Gasteiger partial charge in [0.1, 0.15) is 6.67 Å². The molecule has 0 aromatic carbocycles. The molecule has 0 fully saturated rings. The molecule has 5 nitrogen and oxygen atoms in total. The Morgan fingerprint density at radius 2 is 2.50 bits per heavy atom. The zero-order valence-electron chi connectivity index (χ0n) is 6.19. The summed E-state index contributed by atoms with van der Waals surface area (Å²) in [5.41, 5.74) is 1.62. The van der Waals surface area contributed by atoms with Crippen molar-refractivity contribution in [2.75, 3.05) is 12.0 Å². The summed E-state index contributed by atoms with van der Waals surface area (Å²) in [6, 6.07) is 0.